The van der Waals surface area contributed by atoms with Gasteiger partial charge in [-0.3, -0.25) is 9.59 Å². The molecular weight excluding hydrogens is 312 g/mol. The zero-order valence-corrected chi connectivity index (χ0v) is 16.5. The number of esters is 1. The Bertz CT molecular complexity index is 535. The fourth-order valence-electron chi connectivity index (χ4n) is 3.48. The van der Waals surface area contributed by atoms with Crippen molar-refractivity contribution in [2.75, 3.05) is 6.61 Å². The molecule has 1 aliphatic carbocycles. The van der Waals surface area contributed by atoms with E-state index in [0.29, 0.717) is 18.4 Å². The Balaban J connectivity index is 2.92. The van der Waals surface area contributed by atoms with E-state index in [1.807, 2.05) is 6.08 Å². The van der Waals surface area contributed by atoms with Crippen LogP contribution in [0.15, 0.2) is 34.9 Å². The van der Waals surface area contributed by atoms with Gasteiger partial charge in [-0.15, -0.1) is 0 Å². The summed E-state index contributed by atoms with van der Waals surface area (Å²) in [6.45, 7) is 10.5. The molecule has 0 aliphatic heterocycles. The molecule has 0 amide bonds. The number of carbonyl (C=O) groups excluding carboxylic acids is 2. The number of hydrogen-bond donors (Lipinski definition) is 0. The molecule has 140 valence electrons. The quantitative estimate of drug-likeness (QED) is 0.351. The molecule has 1 aliphatic rings. The molecule has 0 spiro atoms. The van der Waals surface area contributed by atoms with Crippen LogP contribution >= 0.6 is 0 Å². The van der Waals surface area contributed by atoms with Gasteiger partial charge in [0.25, 0.3) is 0 Å². The first-order chi connectivity index (χ1) is 11.8. The van der Waals surface area contributed by atoms with Crippen LogP contribution in [0.2, 0.25) is 0 Å². The Morgan fingerprint density at radius 3 is 2.64 bits per heavy atom. The molecule has 0 saturated heterocycles. The summed E-state index contributed by atoms with van der Waals surface area (Å²) in [5, 5.41) is 0. The molecule has 0 bridgehead atoms. The van der Waals surface area contributed by atoms with E-state index in [4.69, 9.17) is 4.74 Å². The topological polar surface area (TPSA) is 43.4 Å². The largest absolute Gasteiger partial charge is 0.465 e. The van der Waals surface area contributed by atoms with Crippen LogP contribution in [0.25, 0.3) is 0 Å². The molecule has 0 fully saturated rings. The number of hydrogen-bond acceptors (Lipinski definition) is 3. The third-order valence-electron chi connectivity index (χ3n) is 5.07. The van der Waals surface area contributed by atoms with Crippen LogP contribution in [-0.4, -0.2) is 18.9 Å². The lowest BCUT2D eigenvalue weighted by atomic mass is 9.78. The molecule has 0 radical (unpaired) electrons. The van der Waals surface area contributed by atoms with Gasteiger partial charge in [-0.2, -0.15) is 0 Å². The van der Waals surface area contributed by atoms with E-state index in [2.05, 4.69) is 39.8 Å². The first kappa shape index (κ1) is 21.4. The van der Waals surface area contributed by atoms with Crippen molar-refractivity contribution in [2.45, 2.75) is 66.7 Å². The first-order valence-corrected chi connectivity index (χ1v) is 9.41. The Labute approximate surface area is 153 Å². The fourth-order valence-corrected chi connectivity index (χ4v) is 3.48. The van der Waals surface area contributed by atoms with Crippen molar-refractivity contribution in [1.82, 2.24) is 0 Å². The molecule has 3 heteroatoms. The number of aldehydes is 1. The van der Waals surface area contributed by atoms with Gasteiger partial charge in [-0.1, -0.05) is 36.3 Å². The van der Waals surface area contributed by atoms with Gasteiger partial charge < -0.3 is 4.74 Å². The first-order valence-electron chi connectivity index (χ1n) is 9.41. The van der Waals surface area contributed by atoms with Gasteiger partial charge in [0.05, 0.1) is 6.61 Å². The molecule has 25 heavy (non-hydrogen) atoms. The SMILES string of the molecule is CC(=O)OCC1CC(C(C)CCC=C(C)C)CC(C)=CCC=C1C=O. The summed E-state index contributed by atoms with van der Waals surface area (Å²) in [7, 11) is 0. The van der Waals surface area contributed by atoms with Crippen molar-refractivity contribution < 1.29 is 14.3 Å². The lowest BCUT2D eigenvalue weighted by molar-refractivity contribution is -0.142. The summed E-state index contributed by atoms with van der Waals surface area (Å²) >= 11 is 0. The van der Waals surface area contributed by atoms with Crippen LogP contribution in [0.5, 0.6) is 0 Å². The van der Waals surface area contributed by atoms with Crippen molar-refractivity contribution >= 4 is 12.3 Å². The van der Waals surface area contributed by atoms with Gasteiger partial charge in [-0.05, 0) is 70.3 Å². The van der Waals surface area contributed by atoms with Gasteiger partial charge >= 0.3 is 5.97 Å². The van der Waals surface area contributed by atoms with E-state index < -0.39 is 0 Å². The van der Waals surface area contributed by atoms with E-state index in [-0.39, 0.29) is 11.9 Å². The lowest BCUT2D eigenvalue weighted by Crippen LogP contribution is -2.22. The second-order valence-corrected chi connectivity index (χ2v) is 7.64. The smallest absolute Gasteiger partial charge is 0.302 e. The number of ether oxygens (including phenoxy) is 1. The summed E-state index contributed by atoms with van der Waals surface area (Å²) < 4.78 is 5.25. The summed E-state index contributed by atoms with van der Waals surface area (Å²) in [5.74, 6) is 0.762. The highest BCUT2D eigenvalue weighted by Crippen LogP contribution is 2.34. The van der Waals surface area contributed by atoms with E-state index in [1.54, 1.807) is 0 Å². The van der Waals surface area contributed by atoms with Gasteiger partial charge in [-0.25, -0.2) is 0 Å². The predicted molar refractivity (Wildman–Crippen MR) is 103 cm³/mol. The van der Waals surface area contributed by atoms with Crippen molar-refractivity contribution in [3.8, 4) is 0 Å². The van der Waals surface area contributed by atoms with Gasteiger partial charge in [0.2, 0.25) is 0 Å². The van der Waals surface area contributed by atoms with Crippen LogP contribution in [0.1, 0.15) is 66.7 Å². The number of carbonyl (C=O) groups is 2. The van der Waals surface area contributed by atoms with Crippen molar-refractivity contribution in [1.29, 1.82) is 0 Å². The minimum atomic E-state index is -0.285. The highest BCUT2D eigenvalue weighted by atomic mass is 16.5. The molecule has 0 heterocycles. The van der Waals surface area contributed by atoms with E-state index in [0.717, 1.165) is 44.0 Å². The molecule has 3 nitrogen and oxygen atoms in total. The van der Waals surface area contributed by atoms with Gasteiger partial charge in [0.1, 0.15) is 6.29 Å². The minimum Gasteiger partial charge on any atom is -0.465 e. The van der Waals surface area contributed by atoms with Crippen LogP contribution in [0.4, 0.5) is 0 Å². The Kier molecular flexibility index (Phi) is 9.48. The third-order valence-corrected chi connectivity index (χ3v) is 5.07. The average Bonchev–Trinajstić information content (AvgIpc) is 2.61. The standard InChI is InChI=1S/C22H34O3/c1-16(2)8-6-10-18(4)21-12-17(3)9-7-11-20(14-23)22(13-21)15-25-19(5)24/h8-9,11,14,18,21-22H,6-7,10,12-13,15H2,1-5H3. The minimum absolute atomic E-state index is 0.00315. The monoisotopic (exact) mass is 346 g/mol. The second kappa shape index (κ2) is 11.1. The van der Waals surface area contributed by atoms with Gasteiger partial charge in [0, 0.05) is 12.8 Å². The Morgan fingerprint density at radius 1 is 1.32 bits per heavy atom. The summed E-state index contributed by atoms with van der Waals surface area (Å²) in [4.78, 5) is 22.8. The Morgan fingerprint density at radius 2 is 2.04 bits per heavy atom. The van der Waals surface area contributed by atoms with E-state index >= 15 is 0 Å². The third kappa shape index (κ3) is 8.33. The molecule has 0 aromatic carbocycles. The molecule has 1 rings (SSSR count). The number of allylic oxidation sites excluding steroid dienone is 5. The molecule has 0 aromatic heterocycles. The summed E-state index contributed by atoms with van der Waals surface area (Å²) in [6.07, 6.45) is 12.4. The van der Waals surface area contributed by atoms with Crippen LogP contribution < -0.4 is 0 Å². The van der Waals surface area contributed by atoms with Crippen LogP contribution in [-0.2, 0) is 14.3 Å². The molecular formula is C22H34O3. The average molecular weight is 347 g/mol. The summed E-state index contributed by atoms with van der Waals surface area (Å²) in [5.41, 5.74) is 3.51. The lowest BCUT2D eigenvalue weighted by Gasteiger charge is -2.28. The summed E-state index contributed by atoms with van der Waals surface area (Å²) in [6, 6.07) is 0. The molecule has 3 atom stereocenters. The maximum absolute atomic E-state index is 11.6. The van der Waals surface area contributed by atoms with Crippen molar-refractivity contribution in [3.63, 3.8) is 0 Å². The molecule has 3 unspecified atom stereocenters. The van der Waals surface area contributed by atoms with Crippen molar-refractivity contribution in [3.05, 3.63) is 34.9 Å². The van der Waals surface area contributed by atoms with Crippen LogP contribution in [0, 0.1) is 17.8 Å². The second-order valence-electron chi connectivity index (χ2n) is 7.64. The van der Waals surface area contributed by atoms with Crippen LogP contribution in [0.3, 0.4) is 0 Å². The molecule has 0 N–H and O–H groups in total. The number of rotatable bonds is 7. The van der Waals surface area contributed by atoms with E-state index in [9.17, 15) is 9.59 Å². The zero-order chi connectivity index (χ0) is 18.8. The van der Waals surface area contributed by atoms with Crippen molar-refractivity contribution in [2.24, 2.45) is 17.8 Å². The maximum atomic E-state index is 11.6. The van der Waals surface area contributed by atoms with E-state index in [1.165, 1.54) is 18.1 Å². The highest BCUT2D eigenvalue weighted by Gasteiger charge is 2.25. The van der Waals surface area contributed by atoms with Gasteiger partial charge in [0.15, 0.2) is 0 Å². The Hall–Kier alpha value is -1.64. The predicted octanol–water partition coefficient (Wildman–Crippen LogP) is 5.42. The fraction of sp³-hybridized carbons (Fsp3) is 0.636. The normalized spacial score (nSPS) is 22.4. The zero-order valence-electron chi connectivity index (χ0n) is 16.5. The molecule has 0 saturated carbocycles. The molecule has 0 aromatic rings. The highest BCUT2D eigenvalue weighted by molar-refractivity contribution is 5.74. The maximum Gasteiger partial charge on any atom is 0.302 e.